The van der Waals surface area contributed by atoms with Gasteiger partial charge >= 0.3 is 5.69 Å². The van der Waals surface area contributed by atoms with Gasteiger partial charge in [0.1, 0.15) is 23.3 Å². The van der Waals surface area contributed by atoms with E-state index in [0.29, 0.717) is 57.6 Å². The minimum absolute atomic E-state index is 0.0247. The molecule has 0 aliphatic carbocycles. The Kier molecular flexibility index (Phi) is 26.0. The average molecular weight is 1630 g/mol. The molecule has 0 saturated heterocycles. The average Bonchev–Trinajstić information content (AvgIpc) is 1.69. The number of hydrogen-bond donors (Lipinski definition) is 4. The van der Waals surface area contributed by atoms with E-state index in [-0.39, 0.29) is 97.7 Å². The first-order valence-corrected chi connectivity index (χ1v) is 37.6. The van der Waals surface area contributed by atoms with E-state index in [4.69, 9.17) is 0 Å². The second-order valence-electron chi connectivity index (χ2n) is 27.6. The fraction of sp³-hybridized carbons (Fsp3) is 0.212. The maximum absolute atomic E-state index is 13.2. The van der Waals surface area contributed by atoms with Crippen LogP contribution in [0.4, 0.5) is 45.5 Å². The highest BCUT2D eigenvalue weighted by molar-refractivity contribution is 5.59. The van der Waals surface area contributed by atoms with Crippen LogP contribution in [-0.2, 0) is 55.4 Å². The number of aromatic amines is 1. The summed E-state index contributed by atoms with van der Waals surface area (Å²) in [6.45, 7) is 14.0. The number of rotatable bonds is 18. The highest BCUT2D eigenvalue weighted by Crippen LogP contribution is 2.32. The number of hydrogen-bond acceptors (Lipinski definition) is 22. The standard InChI is InChI=1S/C25H22N6O3.C22H24N6O3.C21H20N6O2.C17H18N6O4/c1-16-20(14-26)23(32)30(15-18-10-6-4-7-11-18)24(33)21(16)27-28-22-17(2)29(3)31(25(22)34)19-12-8-5-9-13-19;1-5-6-12-27-20(29)17(13-23)14(2)18(21(27)30)24-25-19-15(3)26(4)28(22(19)31)16-10-8-7-9-11-16;1-14-18(20(28)26(24-14)16-10-6-4-7-11-16)22-23-19-15(2)25(3)27(21(19)29)17-12-8-5-9-13-17;1-10-12(16(26)23(22(10)4)11-8-6-5-7-9-11)18-19-13-14(24)20(2)17(27)21(3)15(13)25/h4-13,32H,15H2,1-3H3;7-11,29H,5-6,12H2,1-4H3;4-13,24H,1-3H3;5-9,24H,1-4H3. The highest BCUT2D eigenvalue weighted by atomic mass is 16.3. The van der Waals surface area contributed by atoms with E-state index in [0.717, 1.165) is 35.9 Å². The molecule has 121 heavy (non-hydrogen) atoms. The van der Waals surface area contributed by atoms with Gasteiger partial charge in [0.2, 0.25) is 23.3 Å². The quantitative estimate of drug-likeness (QED) is 0.0580. The largest absolute Gasteiger partial charge is 0.493 e. The number of aryl methyl sites for hydroxylation is 1. The van der Waals surface area contributed by atoms with Gasteiger partial charge in [-0.05, 0) is 121 Å². The number of nitriles is 2. The summed E-state index contributed by atoms with van der Waals surface area (Å²) in [7, 11) is 9.51. The fourth-order valence-corrected chi connectivity index (χ4v) is 12.9. The second kappa shape index (κ2) is 36.7. The van der Waals surface area contributed by atoms with Crippen molar-refractivity contribution in [2.45, 2.75) is 81.3 Å². The Morgan fingerprint density at radius 2 is 0.636 bits per heavy atom. The van der Waals surface area contributed by atoms with Crippen molar-refractivity contribution in [3.05, 3.63) is 332 Å². The maximum atomic E-state index is 13.2. The van der Waals surface area contributed by atoms with Crippen LogP contribution in [-0.4, -0.2) is 80.8 Å². The van der Waals surface area contributed by atoms with Crippen LogP contribution in [0.5, 0.6) is 17.6 Å². The molecule has 14 aromatic rings. The molecule has 36 nitrogen and oxygen atoms in total. The van der Waals surface area contributed by atoms with Crippen molar-refractivity contribution in [2.75, 3.05) is 0 Å². The predicted octanol–water partition coefficient (Wildman–Crippen LogP) is 12.4. The number of benzene rings is 6. The molecule has 0 unspecified atom stereocenters. The number of pyridine rings is 2. The number of para-hydroxylation sites is 5. The molecule has 14 rings (SSSR count). The van der Waals surface area contributed by atoms with Crippen LogP contribution in [0.15, 0.2) is 266 Å². The molecule has 36 heteroatoms. The number of unbranched alkanes of at least 4 members (excludes halogenated alkanes) is 1. The molecule has 0 spiro atoms. The van der Waals surface area contributed by atoms with Crippen molar-refractivity contribution in [1.29, 1.82) is 10.5 Å². The van der Waals surface area contributed by atoms with Gasteiger partial charge in [0, 0.05) is 60.0 Å². The van der Waals surface area contributed by atoms with Crippen molar-refractivity contribution in [3.8, 4) is 58.2 Å². The van der Waals surface area contributed by atoms with Gasteiger partial charge in [0.25, 0.3) is 44.5 Å². The molecule has 0 amide bonds. The summed E-state index contributed by atoms with van der Waals surface area (Å²) in [4.78, 5) is 115. The number of nitrogens with one attached hydrogen (secondary N) is 1. The van der Waals surface area contributed by atoms with Crippen molar-refractivity contribution in [1.82, 2.24) is 65.5 Å². The molecular formula is C85H84N24O12. The van der Waals surface area contributed by atoms with E-state index < -0.39 is 50.9 Å². The lowest BCUT2D eigenvalue weighted by molar-refractivity contribution is 0.399. The van der Waals surface area contributed by atoms with Crippen LogP contribution in [0, 0.1) is 71.1 Å². The van der Waals surface area contributed by atoms with E-state index in [9.17, 15) is 69.0 Å². The molecule has 0 fully saturated rings. The third kappa shape index (κ3) is 16.9. The van der Waals surface area contributed by atoms with Crippen LogP contribution in [0.3, 0.4) is 0 Å². The van der Waals surface area contributed by atoms with Crippen molar-refractivity contribution in [3.63, 3.8) is 0 Å². The van der Waals surface area contributed by atoms with Crippen LogP contribution in [0.25, 0.3) is 28.4 Å². The lowest BCUT2D eigenvalue weighted by Gasteiger charge is -2.13. The molecule has 8 heterocycles. The summed E-state index contributed by atoms with van der Waals surface area (Å²) in [5.41, 5.74) is 2.83. The van der Waals surface area contributed by atoms with E-state index in [1.54, 1.807) is 142 Å². The number of nitrogens with zero attached hydrogens (tertiary/aromatic N) is 23. The van der Waals surface area contributed by atoms with Gasteiger partial charge in [0.15, 0.2) is 39.8 Å². The first-order valence-electron chi connectivity index (χ1n) is 37.6. The Bertz CT molecular complexity index is 7090. The van der Waals surface area contributed by atoms with Gasteiger partial charge in [-0.1, -0.05) is 135 Å². The first-order chi connectivity index (χ1) is 57.9. The van der Waals surface area contributed by atoms with Gasteiger partial charge in [-0.15, -0.1) is 40.9 Å². The summed E-state index contributed by atoms with van der Waals surface area (Å²) in [6, 6.07) is 58.6. The van der Waals surface area contributed by atoms with Gasteiger partial charge < -0.3 is 15.3 Å². The molecule has 0 radical (unpaired) electrons. The highest BCUT2D eigenvalue weighted by Gasteiger charge is 2.26. The summed E-state index contributed by atoms with van der Waals surface area (Å²) in [5.74, 6) is -1.43. The molecule has 8 aromatic heterocycles. The van der Waals surface area contributed by atoms with Gasteiger partial charge in [-0.25, -0.2) is 28.2 Å². The Labute approximate surface area is 687 Å². The monoisotopic (exact) mass is 1630 g/mol. The summed E-state index contributed by atoms with van der Waals surface area (Å²) in [5, 5.41) is 85.3. The van der Waals surface area contributed by atoms with Crippen LogP contribution < -0.4 is 50.2 Å². The SMILES string of the molecule is CCCCn1c(O)c(C#N)c(C)c(N=Nc2c(C)n(C)n(-c3ccccc3)c2=O)c1=O.Cc1[nH]n(-c2ccccc2)c(=O)c1N=Nc1c(C)n(C)n(-c2ccccc2)c1=O.Cc1c(C#N)c(O)n(Cc2ccccc2)c(=O)c1N=Nc1c(C)n(C)n(-c2ccccc2)c1=O.Cc1c(N=Nc2c(O)n(C)c(=O)n(C)c2=O)c(=O)n(-c2ccccc2)n1C. The lowest BCUT2D eigenvalue weighted by Crippen LogP contribution is -2.36. The van der Waals surface area contributed by atoms with Crippen molar-refractivity contribution < 1.29 is 15.3 Å². The van der Waals surface area contributed by atoms with E-state index >= 15 is 0 Å². The number of aromatic hydroxyl groups is 3. The second-order valence-corrected chi connectivity index (χ2v) is 27.6. The molecule has 616 valence electrons. The smallest absolute Gasteiger partial charge is 0.333 e. The zero-order chi connectivity index (χ0) is 87.5. The van der Waals surface area contributed by atoms with Crippen LogP contribution >= 0.6 is 0 Å². The number of H-pyrrole nitrogens is 1. The Balaban J connectivity index is 0.000000158. The number of aromatic nitrogens is 14. The van der Waals surface area contributed by atoms with Gasteiger partial charge in [-0.2, -0.15) is 10.5 Å². The van der Waals surface area contributed by atoms with E-state index in [1.165, 1.54) is 51.4 Å². The van der Waals surface area contributed by atoms with Gasteiger partial charge in [0.05, 0.1) is 63.5 Å². The van der Waals surface area contributed by atoms with Gasteiger partial charge in [-0.3, -0.25) is 80.5 Å². The topological polar surface area (TPSA) is 441 Å². The lowest BCUT2D eigenvalue weighted by atomic mass is 10.1. The zero-order valence-corrected chi connectivity index (χ0v) is 68.5. The third-order valence-corrected chi connectivity index (χ3v) is 20.2. The Hall–Kier alpha value is -16.3. The molecule has 0 aliphatic rings. The zero-order valence-electron chi connectivity index (χ0n) is 68.5. The Morgan fingerprint density at radius 1 is 0.339 bits per heavy atom. The van der Waals surface area contributed by atoms with E-state index in [1.807, 2.05) is 140 Å². The fourth-order valence-electron chi connectivity index (χ4n) is 12.9. The summed E-state index contributed by atoms with van der Waals surface area (Å²) < 4.78 is 17.8. The predicted molar refractivity (Wildman–Crippen MR) is 453 cm³/mol. The molecular weight excluding hydrogens is 1550 g/mol. The first kappa shape index (κ1) is 85.6. The van der Waals surface area contributed by atoms with Crippen LogP contribution in [0.2, 0.25) is 0 Å². The molecule has 4 N–H and O–H groups in total. The molecule has 0 aliphatic heterocycles. The number of azo groups is 4. The van der Waals surface area contributed by atoms with Crippen molar-refractivity contribution in [2.24, 2.45) is 83.2 Å². The van der Waals surface area contributed by atoms with Crippen molar-refractivity contribution >= 4 is 45.5 Å². The summed E-state index contributed by atoms with van der Waals surface area (Å²) >= 11 is 0. The molecule has 6 aromatic carbocycles. The molecule has 0 atom stereocenters. The minimum atomic E-state index is -0.809. The minimum Gasteiger partial charge on any atom is -0.493 e. The summed E-state index contributed by atoms with van der Waals surface area (Å²) in [6.07, 6.45) is 1.46. The third-order valence-electron chi connectivity index (χ3n) is 20.2. The molecule has 0 bridgehead atoms. The van der Waals surface area contributed by atoms with E-state index in [2.05, 4.69) is 46.0 Å². The maximum Gasteiger partial charge on any atom is 0.333 e. The Morgan fingerprint density at radius 3 is 0.975 bits per heavy atom. The normalized spacial score (nSPS) is 11.3. The molecule has 0 saturated carbocycles. The van der Waals surface area contributed by atoms with Crippen LogP contribution in [0.1, 0.15) is 76.1 Å².